The van der Waals surface area contributed by atoms with Gasteiger partial charge in [0.05, 0.1) is 29.8 Å². The van der Waals surface area contributed by atoms with Crippen LogP contribution in [0.1, 0.15) is 19.4 Å². The number of sulfone groups is 1. The summed E-state index contributed by atoms with van der Waals surface area (Å²) in [6, 6.07) is 5.87. The lowest BCUT2D eigenvalue weighted by atomic mass is 10.2. The molecule has 1 aromatic rings. The first kappa shape index (κ1) is 15.9. The average molecular weight is 314 g/mol. The molecule has 1 aliphatic heterocycles. The van der Waals surface area contributed by atoms with Crippen LogP contribution in [0.5, 0.6) is 0 Å². The first-order valence-electron chi connectivity index (χ1n) is 6.53. The van der Waals surface area contributed by atoms with Crippen molar-refractivity contribution in [1.82, 2.24) is 0 Å². The molecule has 0 radical (unpaired) electrons. The second-order valence-electron chi connectivity index (χ2n) is 5.45. The van der Waals surface area contributed by atoms with Gasteiger partial charge in [0.25, 0.3) is 0 Å². The van der Waals surface area contributed by atoms with Crippen molar-refractivity contribution in [3.63, 3.8) is 0 Å². The normalized spacial score (nSPS) is 21.3. The van der Waals surface area contributed by atoms with Gasteiger partial charge < -0.3 is 14.6 Å². The summed E-state index contributed by atoms with van der Waals surface area (Å²) in [6.45, 7) is 3.71. The zero-order valence-electron chi connectivity index (χ0n) is 11.9. The van der Waals surface area contributed by atoms with Crippen molar-refractivity contribution < 1.29 is 27.8 Å². The summed E-state index contributed by atoms with van der Waals surface area (Å²) >= 11 is 0. The molecule has 0 saturated carbocycles. The third kappa shape index (κ3) is 4.26. The highest BCUT2D eigenvalue weighted by molar-refractivity contribution is 7.91. The summed E-state index contributed by atoms with van der Waals surface area (Å²) in [6.07, 6.45) is -0.627. The van der Waals surface area contributed by atoms with Crippen molar-refractivity contribution in [2.75, 3.05) is 12.4 Å². The summed E-state index contributed by atoms with van der Waals surface area (Å²) < 4.78 is 35.4. The number of rotatable bonds is 5. The molecule has 0 spiro atoms. The Morgan fingerprint density at radius 2 is 1.95 bits per heavy atom. The molecule has 0 aromatic heterocycles. The van der Waals surface area contributed by atoms with Crippen molar-refractivity contribution in [3.05, 3.63) is 29.8 Å². The van der Waals surface area contributed by atoms with Crippen LogP contribution in [0.2, 0.25) is 0 Å². The van der Waals surface area contributed by atoms with Crippen LogP contribution in [0.15, 0.2) is 29.2 Å². The molecule has 1 aliphatic rings. The van der Waals surface area contributed by atoms with Gasteiger partial charge in [-0.05, 0) is 31.5 Å². The number of carboxylic acid groups (broad SMARTS) is 1. The zero-order chi connectivity index (χ0) is 15.7. The van der Waals surface area contributed by atoms with Gasteiger partial charge in [0, 0.05) is 0 Å². The molecule has 0 unspecified atom stereocenters. The molecule has 1 saturated heterocycles. The molecule has 1 atom stereocenters. The Hall–Kier alpha value is -1.44. The Bertz CT molecular complexity index is 617. The van der Waals surface area contributed by atoms with Crippen LogP contribution < -0.4 is 0 Å². The van der Waals surface area contributed by atoms with E-state index < -0.39 is 27.7 Å². The maximum absolute atomic E-state index is 12.3. The summed E-state index contributed by atoms with van der Waals surface area (Å²) in [7, 11) is -3.49. The monoisotopic (exact) mass is 314 g/mol. The Morgan fingerprint density at radius 3 is 2.43 bits per heavy atom. The summed E-state index contributed by atoms with van der Waals surface area (Å²) in [5, 5.41) is 8.69. The highest BCUT2D eigenvalue weighted by Gasteiger charge is 2.35. The third-order valence-electron chi connectivity index (χ3n) is 3.11. The van der Waals surface area contributed by atoms with E-state index >= 15 is 0 Å². The molecule has 1 aromatic carbocycles. The molecule has 2 rings (SSSR count). The van der Waals surface area contributed by atoms with Gasteiger partial charge in [0.1, 0.15) is 0 Å². The standard InChI is InChI=1S/C14H18O6S/c1-14(2)19-8-11(20-14)9-21(17,18)12-5-3-10(4-6-12)7-13(15)16/h3-6,11H,7-9H2,1-2H3,(H,15,16)/t11-/m0/s1. The SMILES string of the molecule is CC1(C)OC[C@@H](CS(=O)(=O)c2ccc(CC(=O)O)cc2)O1. The number of hydrogen-bond acceptors (Lipinski definition) is 5. The number of hydrogen-bond donors (Lipinski definition) is 1. The van der Waals surface area contributed by atoms with Gasteiger partial charge >= 0.3 is 5.97 Å². The highest BCUT2D eigenvalue weighted by Crippen LogP contribution is 2.25. The van der Waals surface area contributed by atoms with Gasteiger partial charge in [-0.15, -0.1) is 0 Å². The number of carboxylic acids is 1. The Balaban J connectivity index is 2.07. The summed E-state index contributed by atoms with van der Waals surface area (Å²) in [4.78, 5) is 10.8. The van der Waals surface area contributed by atoms with Crippen LogP contribution >= 0.6 is 0 Å². The molecule has 0 aliphatic carbocycles. The van der Waals surface area contributed by atoms with E-state index in [0.29, 0.717) is 5.56 Å². The maximum atomic E-state index is 12.3. The third-order valence-corrected chi connectivity index (χ3v) is 4.91. The van der Waals surface area contributed by atoms with Gasteiger partial charge in [-0.1, -0.05) is 12.1 Å². The first-order valence-corrected chi connectivity index (χ1v) is 8.18. The Morgan fingerprint density at radius 1 is 1.33 bits per heavy atom. The maximum Gasteiger partial charge on any atom is 0.307 e. The first-order chi connectivity index (χ1) is 9.68. The van der Waals surface area contributed by atoms with Gasteiger partial charge in [0.2, 0.25) is 0 Å². The van der Waals surface area contributed by atoms with Gasteiger partial charge in [0.15, 0.2) is 15.6 Å². The van der Waals surface area contributed by atoms with Crippen molar-refractivity contribution >= 4 is 15.8 Å². The van der Waals surface area contributed by atoms with Crippen LogP contribution in [-0.2, 0) is 30.5 Å². The molecular formula is C14H18O6S. The largest absolute Gasteiger partial charge is 0.481 e. The van der Waals surface area contributed by atoms with Gasteiger partial charge in [-0.3, -0.25) is 4.79 Å². The van der Waals surface area contributed by atoms with E-state index in [1.165, 1.54) is 24.3 Å². The quantitative estimate of drug-likeness (QED) is 0.879. The lowest BCUT2D eigenvalue weighted by Crippen LogP contribution is -2.26. The van der Waals surface area contributed by atoms with Crippen LogP contribution in [-0.4, -0.2) is 43.7 Å². The number of ether oxygens (including phenoxy) is 2. The predicted molar refractivity (Wildman–Crippen MR) is 74.7 cm³/mol. The van der Waals surface area contributed by atoms with E-state index in [2.05, 4.69) is 0 Å². The lowest BCUT2D eigenvalue weighted by Gasteiger charge is -2.17. The van der Waals surface area contributed by atoms with E-state index in [9.17, 15) is 13.2 Å². The van der Waals surface area contributed by atoms with E-state index in [1.807, 2.05) is 0 Å². The van der Waals surface area contributed by atoms with Gasteiger partial charge in [-0.25, -0.2) is 8.42 Å². The molecular weight excluding hydrogens is 296 g/mol. The van der Waals surface area contributed by atoms with Crippen LogP contribution in [0.3, 0.4) is 0 Å². The second-order valence-corrected chi connectivity index (χ2v) is 7.48. The fourth-order valence-electron chi connectivity index (χ4n) is 2.18. The fraction of sp³-hybridized carbons (Fsp3) is 0.500. The molecule has 21 heavy (non-hydrogen) atoms. The van der Waals surface area contributed by atoms with E-state index in [4.69, 9.17) is 14.6 Å². The van der Waals surface area contributed by atoms with Crippen molar-refractivity contribution in [3.8, 4) is 0 Å². The number of carbonyl (C=O) groups is 1. The van der Waals surface area contributed by atoms with E-state index in [-0.39, 0.29) is 23.7 Å². The van der Waals surface area contributed by atoms with E-state index in [0.717, 1.165) is 0 Å². The minimum atomic E-state index is -3.49. The molecule has 0 bridgehead atoms. The topological polar surface area (TPSA) is 89.9 Å². The summed E-state index contributed by atoms with van der Waals surface area (Å²) in [5.74, 6) is -1.87. The molecule has 1 N–H and O–H groups in total. The Labute approximate surface area is 123 Å². The molecule has 7 heteroatoms. The zero-order valence-corrected chi connectivity index (χ0v) is 12.7. The average Bonchev–Trinajstić information content (AvgIpc) is 2.67. The fourth-order valence-corrected chi connectivity index (χ4v) is 3.57. The van der Waals surface area contributed by atoms with Crippen molar-refractivity contribution in [2.24, 2.45) is 0 Å². The Kier molecular flexibility index (Phi) is 4.36. The smallest absolute Gasteiger partial charge is 0.307 e. The number of aliphatic carboxylic acids is 1. The van der Waals surface area contributed by atoms with Crippen LogP contribution in [0.25, 0.3) is 0 Å². The molecule has 0 amide bonds. The minimum Gasteiger partial charge on any atom is -0.481 e. The molecule has 1 fully saturated rings. The minimum absolute atomic E-state index is 0.131. The highest BCUT2D eigenvalue weighted by atomic mass is 32.2. The van der Waals surface area contributed by atoms with Crippen LogP contribution in [0, 0.1) is 0 Å². The van der Waals surface area contributed by atoms with Gasteiger partial charge in [-0.2, -0.15) is 0 Å². The predicted octanol–water partition coefficient (Wildman–Crippen LogP) is 1.24. The summed E-state index contributed by atoms with van der Waals surface area (Å²) in [5.41, 5.74) is 0.558. The lowest BCUT2D eigenvalue weighted by molar-refractivity contribution is -0.136. The second kappa shape index (κ2) is 5.75. The molecule has 6 nitrogen and oxygen atoms in total. The number of benzene rings is 1. The van der Waals surface area contributed by atoms with E-state index in [1.54, 1.807) is 13.8 Å². The molecule has 116 valence electrons. The van der Waals surface area contributed by atoms with Crippen molar-refractivity contribution in [1.29, 1.82) is 0 Å². The van der Waals surface area contributed by atoms with Crippen LogP contribution in [0.4, 0.5) is 0 Å². The molecule has 1 heterocycles. The van der Waals surface area contributed by atoms with Crippen molar-refractivity contribution in [2.45, 2.75) is 37.1 Å².